The van der Waals surface area contributed by atoms with Gasteiger partial charge in [0.2, 0.25) is 11.8 Å². The van der Waals surface area contributed by atoms with E-state index in [1.165, 1.54) is 0 Å². The summed E-state index contributed by atoms with van der Waals surface area (Å²) in [6.07, 6.45) is -8.07. The number of hydrogen-bond acceptors (Lipinski definition) is 5. The fourth-order valence-electron chi connectivity index (χ4n) is 6.90. The highest BCUT2D eigenvalue weighted by Crippen LogP contribution is 2.53. The first-order valence-electron chi connectivity index (χ1n) is 14.7. The van der Waals surface area contributed by atoms with E-state index in [1.54, 1.807) is 18.2 Å². The van der Waals surface area contributed by atoms with E-state index in [0.717, 1.165) is 22.3 Å². The van der Waals surface area contributed by atoms with Crippen molar-refractivity contribution in [2.75, 3.05) is 4.90 Å². The smallest absolute Gasteiger partial charge is 0.455 e. The second-order valence-corrected chi connectivity index (χ2v) is 12.3. The third kappa shape index (κ3) is 6.55. The summed E-state index contributed by atoms with van der Waals surface area (Å²) >= 11 is 0. The van der Waals surface area contributed by atoms with Crippen LogP contribution in [0.4, 0.5) is 32.0 Å². The molecule has 0 bridgehead atoms. The average molecular weight is 635 g/mol. The van der Waals surface area contributed by atoms with Crippen LogP contribution in [0.5, 0.6) is 5.75 Å². The summed E-state index contributed by atoms with van der Waals surface area (Å²) < 4.78 is 87.6. The van der Waals surface area contributed by atoms with Gasteiger partial charge in [-0.05, 0) is 85.8 Å². The number of carbonyl (C=O) groups is 2. The molecule has 0 aromatic heterocycles. The van der Waals surface area contributed by atoms with Crippen molar-refractivity contribution in [3.05, 3.63) is 75.9 Å². The molecule has 2 aromatic carbocycles. The largest absolute Gasteiger partial charge is 0.508 e. The number of imide groups is 1. The topological polar surface area (TPSA) is 87.1 Å². The van der Waals surface area contributed by atoms with Crippen LogP contribution in [0.3, 0.4) is 0 Å². The van der Waals surface area contributed by atoms with Crippen molar-refractivity contribution in [1.29, 1.82) is 0 Å². The van der Waals surface area contributed by atoms with Crippen molar-refractivity contribution in [3.8, 4) is 5.75 Å². The minimum absolute atomic E-state index is 0.0471. The third-order valence-electron chi connectivity index (χ3n) is 8.86. The number of rotatable bonds is 6. The van der Waals surface area contributed by atoms with E-state index >= 15 is 0 Å². The molecule has 240 valence electrons. The lowest BCUT2D eigenvalue weighted by atomic mass is 9.57. The zero-order valence-electron chi connectivity index (χ0n) is 24.7. The van der Waals surface area contributed by atoms with E-state index in [9.17, 15) is 46.1 Å². The lowest BCUT2D eigenvalue weighted by Crippen LogP contribution is -2.46. The van der Waals surface area contributed by atoms with Crippen LogP contribution in [0.1, 0.15) is 56.7 Å². The van der Waals surface area contributed by atoms with Crippen molar-refractivity contribution < 1.29 is 50.7 Å². The van der Waals surface area contributed by atoms with Gasteiger partial charge in [-0.3, -0.25) is 9.59 Å². The average Bonchev–Trinajstić information content (AvgIpc) is 3.19. The third-order valence-corrected chi connectivity index (χ3v) is 8.86. The highest BCUT2D eigenvalue weighted by Gasteiger charge is 2.58. The second kappa shape index (κ2) is 12.0. The fourth-order valence-corrected chi connectivity index (χ4v) is 6.90. The first-order chi connectivity index (χ1) is 21.0. The molecule has 0 spiro atoms. The molecule has 2 N–H and O–H groups in total. The van der Waals surface area contributed by atoms with Gasteiger partial charge in [0.1, 0.15) is 5.75 Å². The number of hydrogen-bond donors (Lipinski definition) is 2. The highest BCUT2D eigenvalue weighted by atomic mass is 19.4. The molecule has 2 aliphatic heterocycles. The summed E-state index contributed by atoms with van der Waals surface area (Å²) in [5.74, 6) is -4.54. The highest BCUT2D eigenvalue weighted by molar-refractivity contribution is 6.43. The van der Waals surface area contributed by atoms with E-state index in [4.69, 9.17) is 4.65 Å². The number of allylic oxidation sites excluding steroid dienone is 2. The van der Waals surface area contributed by atoms with Crippen LogP contribution in [0.15, 0.2) is 59.2 Å². The minimum atomic E-state index is -5.15. The Bertz CT molecular complexity index is 1530. The summed E-state index contributed by atoms with van der Waals surface area (Å²) in [5.41, 5.74) is -0.715. The quantitative estimate of drug-likeness (QED) is 0.151. The summed E-state index contributed by atoms with van der Waals surface area (Å²) in [7, 11) is -1.30. The van der Waals surface area contributed by atoms with Crippen LogP contribution in [-0.4, -0.2) is 35.2 Å². The first kappa shape index (κ1) is 32.8. The maximum absolute atomic E-state index is 13.9. The molecule has 0 radical (unpaired) electrons. The molecular formula is C32H32BF6NO5. The lowest BCUT2D eigenvalue weighted by Gasteiger charge is -2.44. The van der Waals surface area contributed by atoms with Crippen LogP contribution in [0, 0.1) is 23.7 Å². The minimum Gasteiger partial charge on any atom is -0.508 e. The van der Waals surface area contributed by atoms with Gasteiger partial charge in [-0.1, -0.05) is 43.2 Å². The maximum atomic E-state index is 13.9. The van der Waals surface area contributed by atoms with Gasteiger partial charge in [0.05, 0.1) is 34.8 Å². The molecule has 3 aliphatic rings. The number of nitrogens with zero attached hydrogens (tertiary/aromatic N) is 1. The predicted octanol–water partition coefficient (Wildman–Crippen LogP) is 7.27. The Morgan fingerprint density at radius 2 is 1.67 bits per heavy atom. The first-order valence-corrected chi connectivity index (χ1v) is 14.7. The molecule has 4 atom stereocenters. The summed E-state index contributed by atoms with van der Waals surface area (Å²) in [6.45, 7) is 5.70. The van der Waals surface area contributed by atoms with E-state index < -0.39 is 72.0 Å². The predicted molar refractivity (Wildman–Crippen MR) is 155 cm³/mol. The number of aromatic hydroxyl groups is 1. The number of carbonyl (C=O) groups excluding carboxylic acids is 2. The normalized spacial score (nSPS) is 24.5. The molecule has 1 aliphatic carbocycles. The molecule has 2 saturated heterocycles. The van der Waals surface area contributed by atoms with Crippen LogP contribution in [-0.2, 0) is 26.6 Å². The molecule has 2 fully saturated rings. The Hall–Kier alpha value is -3.58. The van der Waals surface area contributed by atoms with E-state index in [-0.39, 0.29) is 30.5 Å². The number of halogens is 6. The van der Waals surface area contributed by atoms with Crippen molar-refractivity contribution in [2.24, 2.45) is 23.7 Å². The van der Waals surface area contributed by atoms with Crippen molar-refractivity contribution in [2.45, 2.75) is 64.8 Å². The van der Waals surface area contributed by atoms with Gasteiger partial charge in [-0.25, -0.2) is 4.90 Å². The number of anilines is 1. The van der Waals surface area contributed by atoms with Gasteiger partial charge in [-0.2, -0.15) is 26.3 Å². The summed E-state index contributed by atoms with van der Waals surface area (Å²) in [6, 6.07) is 7.44. The number of fused-ring (bicyclic) bond motifs is 3. The molecule has 6 nitrogen and oxygen atoms in total. The van der Waals surface area contributed by atoms with Gasteiger partial charge < -0.3 is 14.8 Å². The van der Waals surface area contributed by atoms with E-state index in [2.05, 4.69) is 0 Å². The molecule has 0 unspecified atom stereocenters. The molecule has 2 heterocycles. The van der Waals surface area contributed by atoms with Crippen LogP contribution >= 0.6 is 0 Å². The molecule has 45 heavy (non-hydrogen) atoms. The number of benzene rings is 2. The van der Waals surface area contributed by atoms with Crippen molar-refractivity contribution in [1.82, 2.24) is 0 Å². The summed E-state index contributed by atoms with van der Waals surface area (Å²) in [5, 5.41) is 20.5. The van der Waals surface area contributed by atoms with Crippen molar-refractivity contribution >= 4 is 30.7 Å². The molecule has 13 heteroatoms. The number of alkyl halides is 6. The number of phenols is 1. The second-order valence-electron chi connectivity index (χ2n) is 12.3. The van der Waals surface area contributed by atoms with Crippen LogP contribution < -0.4 is 4.90 Å². The van der Waals surface area contributed by atoms with E-state index in [0.29, 0.717) is 29.9 Å². The molecule has 2 amide bonds. The Kier molecular flexibility index (Phi) is 8.73. The Morgan fingerprint density at radius 1 is 1.02 bits per heavy atom. The van der Waals surface area contributed by atoms with Crippen molar-refractivity contribution in [3.63, 3.8) is 0 Å². The van der Waals surface area contributed by atoms with Gasteiger partial charge in [0.25, 0.3) is 0 Å². The van der Waals surface area contributed by atoms with Gasteiger partial charge in [0, 0.05) is 0 Å². The Labute approximate surface area is 256 Å². The molecule has 0 saturated carbocycles. The van der Waals surface area contributed by atoms with Crippen LogP contribution in [0.2, 0.25) is 6.32 Å². The number of phenolic OH excluding ortho intramolecular Hbond substituents is 1. The monoisotopic (exact) mass is 635 g/mol. The van der Waals surface area contributed by atoms with Gasteiger partial charge in [0.15, 0.2) is 0 Å². The van der Waals surface area contributed by atoms with Gasteiger partial charge in [-0.15, -0.1) is 0 Å². The molecule has 2 aromatic rings. The van der Waals surface area contributed by atoms with Crippen LogP contribution in [0.25, 0.3) is 6.08 Å². The Balaban J connectivity index is 1.49. The Morgan fingerprint density at radius 3 is 2.24 bits per heavy atom. The molecular weight excluding hydrogens is 603 g/mol. The molecule has 5 rings (SSSR count). The standard InChI is InChI=1S/C32H32BF6NO5/c1-16(2)23-14-24-28(30(43)40(29(24)42)21-12-19(31(34,35)36)11-20(13-21)32(37,38)39)25-15-33(44)45-26(27(23)25)8-7-17(3)9-18-5-4-6-22(41)10-18/h4-6,9-13,16,24-26,28,41,44H,7-8,14-15H2,1-3H3/b17-9+/t24-,25+,26-,28-/m1/s1. The van der Waals surface area contributed by atoms with E-state index in [1.807, 2.05) is 32.9 Å². The zero-order valence-corrected chi connectivity index (χ0v) is 24.7. The maximum Gasteiger partial charge on any atom is 0.455 e. The fraction of sp³-hybridized carbons (Fsp3) is 0.438. The van der Waals surface area contributed by atoms with Gasteiger partial charge >= 0.3 is 19.5 Å². The SMILES string of the molecule is C/C(=C\c1cccc(O)c1)CC[C@H]1OB(O)C[C@H]2C1=C(C(C)C)C[C@H]1C(=O)N(c3cc(C(F)(F)F)cc(C(F)(F)F)c3)C(=O)[C@H]12. The number of amides is 2. The summed E-state index contributed by atoms with van der Waals surface area (Å²) in [4.78, 5) is 28.0. The zero-order chi connectivity index (χ0) is 33.0. The lowest BCUT2D eigenvalue weighted by molar-refractivity contribution is -0.143.